The fourth-order valence-corrected chi connectivity index (χ4v) is 1.21. The number of hydrogen-bond donors (Lipinski definition) is 1. The molecule has 0 aliphatic heterocycles. The van der Waals surface area contributed by atoms with Crippen molar-refractivity contribution in [2.75, 3.05) is 0 Å². The number of hydrogen-bond acceptors (Lipinski definition) is 3. The summed E-state index contributed by atoms with van der Waals surface area (Å²) in [6.45, 7) is 2.80. The Morgan fingerprint density at radius 3 is 2.92 bits per heavy atom. The highest BCUT2D eigenvalue weighted by Crippen LogP contribution is 1.96. The van der Waals surface area contributed by atoms with Crippen molar-refractivity contribution in [1.82, 2.24) is 9.78 Å². The van der Waals surface area contributed by atoms with E-state index in [1.807, 2.05) is 0 Å². The summed E-state index contributed by atoms with van der Waals surface area (Å²) in [4.78, 5) is 11.3. The molecule has 1 heterocycles. The van der Waals surface area contributed by atoms with Gasteiger partial charge in [0.05, 0.1) is 5.69 Å². The van der Waals surface area contributed by atoms with Crippen LogP contribution in [-0.4, -0.2) is 9.78 Å². The first kappa shape index (κ1) is 10.3. The third-order valence-corrected chi connectivity index (χ3v) is 2.13. The van der Waals surface area contributed by atoms with E-state index in [1.54, 1.807) is 12.1 Å². The highest BCUT2D eigenvalue weighted by atomic mass is 32.1. The van der Waals surface area contributed by atoms with E-state index >= 15 is 0 Å². The maximum Gasteiger partial charge on any atom is 0.266 e. The van der Waals surface area contributed by atoms with E-state index in [9.17, 15) is 4.79 Å². The molecule has 0 amide bonds. The Morgan fingerprint density at radius 2 is 2.31 bits per heavy atom. The summed E-state index contributed by atoms with van der Waals surface area (Å²) < 4.78 is 1.51. The third-order valence-electron chi connectivity index (χ3n) is 1.81. The summed E-state index contributed by atoms with van der Waals surface area (Å²) in [6, 6.07) is 3.27. The van der Waals surface area contributed by atoms with Crippen LogP contribution in [0, 0.1) is 0 Å². The van der Waals surface area contributed by atoms with Crippen LogP contribution >= 0.6 is 12.6 Å². The molecule has 0 spiro atoms. The number of aryl methyl sites for hydroxylation is 1. The fraction of sp³-hybridized carbons (Fsp3) is 0.556. The van der Waals surface area contributed by atoms with E-state index in [4.69, 9.17) is 0 Å². The third kappa shape index (κ3) is 2.88. The number of thiol groups is 1. The molecule has 1 aromatic rings. The highest BCUT2D eigenvalue weighted by molar-refractivity contribution is 7.79. The van der Waals surface area contributed by atoms with Gasteiger partial charge in [-0.05, 0) is 12.5 Å². The van der Waals surface area contributed by atoms with Gasteiger partial charge in [-0.3, -0.25) is 4.79 Å². The first-order valence-electron chi connectivity index (χ1n) is 4.46. The summed E-state index contributed by atoms with van der Waals surface area (Å²) in [7, 11) is 0. The molecule has 0 aliphatic rings. The van der Waals surface area contributed by atoms with Gasteiger partial charge in [0, 0.05) is 18.4 Å². The van der Waals surface area contributed by atoms with Gasteiger partial charge in [-0.2, -0.15) is 17.7 Å². The van der Waals surface area contributed by atoms with E-state index in [0.717, 1.165) is 18.5 Å². The molecule has 72 valence electrons. The molecule has 1 rings (SSSR count). The second kappa shape index (κ2) is 5.07. The van der Waals surface area contributed by atoms with Crippen LogP contribution in [0.25, 0.3) is 0 Å². The second-order valence-corrected chi connectivity index (χ2v) is 3.21. The van der Waals surface area contributed by atoms with Crippen LogP contribution in [0.5, 0.6) is 0 Å². The van der Waals surface area contributed by atoms with Crippen LogP contribution in [0.15, 0.2) is 16.9 Å². The fourth-order valence-electron chi connectivity index (χ4n) is 1.04. The van der Waals surface area contributed by atoms with Crippen molar-refractivity contribution >= 4 is 12.6 Å². The minimum Gasteiger partial charge on any atom is -0.268 e. The zero-order valence-corrected chi connectivity index (χ0v) is 8.63. The first-order chi connectivity index (χ1) is 6.27. The molecule has 0 unspecified atom stereocenters. The molecular weight excluding hydrogens is 184 g/mol. The van der Waals surface area contributed by atoms with Gasteiger partial charge in [0.15, 0.2) is 0 Å². The van der Waals surface area contributed by atoms with Gasteiger partial charge >= 0.3 is 0 Å². The topological polar surface area (TPSA) is 34.9 Å². The summed E-state index contributed by atoms with van der Waals surface area (Å²) in [5.74, 6) is 0.576. The highest BCUT2D eigenvalue weighted by Gasteiger charge is 1.97. The molecule has 0 aliphatic carbocycles. The predicted molar refractivity (Wildman–Crippen MR) is 56.1 cm³/mol. The van der Waals surface area contributed by atoms with E-state index in [0.29, 0.717) is 12.3 Å². The molecule has 0 saturated carbocycles. The van der Waals surface area contributed by atoms with Gasteiger partial charge in [-0.25, -0.2) is 4.68 Å². The van der Waals surface area contributed by atoms with Crippen LogP contribution in [0.2, 0.25) is 0 Å². The van der Waals surface area contributed by atoms with Crippen molar-refractivity contribution in [3.05, 3.63) is 28.2 Å². The van der Waals surface area contributed by atoms with Crippen LogP contribution in [0.3, 0.4) is 0 Å². The second-order valence-electron chi connectivity index (χ2n) is 2.90. The summed E-state index contributed by atoms with van der Waals surface area (Å²) in [5, 5.41) is 4.16. The number of nitrogens with zero attached hydrogens (tertiary/aromatic N) is 2. The maximum atomic E-state index is 11.3. The van der Waals surface area contributed by atoms with E-state index < -0.39 is 0 Å². The van der Waals surface area contributed by atoms with Gasteiger partial charge in [0.1, 0.15) is 0 Å². The Hall–Kier alpha value is -0.770. The average molecular weight is 198 g/mol. The minimum atomic E-state index is -0.0287. The summed E-state index contributed by atoms with van der Waals surface area (Å²) in [6.07, 6.45) is 2.06. The molecule has 0 atom stereocenters. The van der Waals surface area contributed by atoms with Gasteiger partial charge in [-0.15, -0.1) is 0 Å². The van der Waals surface area contributed by atoms with E-state index in [-0.39, 0.29) is 5.56 Å². The quantitative estimate of drug-likeness (QED) is 0.744. The van der Waals surface area contributed by atoms with Crippen LogP contribution in [0.1, 0.15) is 25.5 Å². The monoisotopic (exact) mass is 198 g/mol. The molecule has 0 aromatic carbocycles. The summed E-state index contributed by atoms with van der Waals surface area (Å²) >= 11 is 4.10. The Labute approximate surface area is 83.2 Å². The molecule has 0 radical (unpaired) electrons. The van der Waals surface area contributed by atoms with Crippen molar-refractivity contribution in [3.8, 4) is 0 Å². The van der Waals surface area contributed by atoms with Crippen LogP contribution < -0.4 is 5.56 Å². The van der Waals surface area contributed by atoms with E-state index in [1.165, 1.54) is 4.68 Å². The maximum absolute atomic E-state index is 11.3. The Bertz CT molecular complexity index is 322. The predicted octanol–water partition coefficient (Wildman–Crippen LogP) is 1.47. The molecule has 4 heteroatoms. The Morgan fingerprint density at radius 1 is 1.54 bits per heavy atom. The van der Waals surface area contributed by atoms with E-state index in [2.05, 4.69) is 24.7 Å². The molecule has 0 saturated heterocycles. The molecule has 0 fully saturated rings. The molecule has 3 nitrogen and oxygen atoms in total. The lowest BCUT2D eigenvalue weighted by molar-refractivity contribution is 0.536. The lowest BCUT2D eigenvalue weighted by atomic mass is 10.3. The molecule has 0 N–H and O–H groups in total. The van der Waals surface area contributed by atoms with Crippen molar-refractivity contribution in [2.45, 2.75) is 32.1 Å². The van der Waals surface area contributed by atoms with Crippen LogP contribution in [-0.2, 0) is 12.3 Å². The SMILES string of the molecule is CCCCn1nc(CS)ccc1=O. The van der Waals surface area contributed by atoms with Crippen molar-refractivity contribution in [2.24, 2.45) is 0 Å². The van der Waals surface area contributed by atoms with Gasteiger partial charge in [0.2, 0.25) is 0 Å². The number of rotatable bonds is 4. The molecular formula is C9H14N2OS. The smallest absolute Gasteiger partial charge is 0.266 e. The Balaban J connectivity index is 2.84. The first-order valence-corrected chi connectivity index (χ1v) is 5.09. The van der Waals surface area contributed by atoms with Crippen LogP contribution in [0.4, 0.5) is 0 Å². The zero-order valence-electron chi connectivity index (χ0n) is 7.73. The van der Waals surface area contributed by atoms with Gasteiger partial charge in [-0.1, -0.05) is 13.3 Å². The molecule has 13 heavy (non-hydrogen) atoms. The minimum absolute atomic E-state index is 0.0287. The standard InChI is InChI=1S/C9H14N2OS/c1-2-3-6-11-9(12)5-4-8(7-13)10-11/h4-5,13H,2-3,6-7H2,1H3. The zero-order chi connectivity index (χ0) is 9.68. The number of aromatic nitrogens is 2. The normalized spacial score (nSPS) is 10.3. The lowest BCUT2D eigenvalue weighted by Crippen LogP contribution is -2.22. The van der Waals surface area contributed by atoms with Gasteiger partial charge < -0.3 is 0 Å². The summed E-state index contributed by atoms with van der Waals surface area (Å²) in [5.41, 5.74) is 0.818. The lowest BCUT2D eigenvalue weighted by Gasteiger charge is -2.03. The van der Waals surface area contributed by atoms with Crippen molar-refractivity contribution in [1.29, 1.82) is 0 Å². The average Bonchev–Trinajstić information content (AvgIpc) is 2.17. The number of unbranched alkanes of at least 4 members (excludes halogenated alkanes) is 1. The largest absolute Gasteiger partial charge is 0.268 e. The van der Waals surface area contributed by atoms with Gasteiger partial charge in [0.25, 0.3) is 5.56 Å². The van der Waals surface area contributed by atoms with Crippen molar-refractivity contribution < 1.29 is 0 Å². The Kier molecular flexibility index (Phi) is 4.02. The molecule has 0 bridgehead atoms. The van der Waals surface area contributed by atoms with Crippen molar-refractivity contribution in [3.63, 3.8) is 0 Å². The molecule has 1 aromatic heterocycles.